The van der Waals surface area contributed by atoms with E-state index in [-0.39, 0.29) is 6.61 Å². The standard InChI is InChI=1S/C14H22N2OS/c1-13(12-18-10-9-17)16-8-7-15-11-14-5-3-2-4-6-14/h2-6,11,13,16-17H,7-10,12H2,1H3. The summed E-state index contributed by atoms with van der Waals surface area (Å²) in [5, 5.41) is 12.1. The van der Waals surface area contributed by atoms with Gasteiger partial charge < -0.3 is 10.4 Å². The van der Waals surface area contributed by atoms with Crippen LogP contribution in [0.2, 0.25) is 0 Å². The summed E-state index contributed by atoms with van der Waals surface area (Å²) < 4.78 is 0. The second kappa shape index (κ2) is 10.1. The molecule has 1 aromatic carbocycles. The van der Waals surface area contributed by atoms with E-state index in [1.54, 1.807) is 11.8 Å². The molecule has 1 aromatic rings. The molecule has 0 saturated carbocycles. The third-order valence-electron chi connectivity index (χ3n) is 2.38. The van der Waals surface area contributed by atoms with Gasteiger partial charge in [0.25, 0.3) is 0 Å². The van der Waals surface area contributed by atoms with Gasteiger partial charge >= 0.3 is 0 Å². The SMILES string of the molecule is CC(CSCCO)NCCN=Cc1ccccc1. The maximum Gasteiger partial charge on any atom is 0.0521 e. The van der Waals surface area contributed by atoms with E-state index in [0.717, 1.165) is 30.2 Å². The highest BCUT2D eigenvalue weighted by molar-refractivity contribution is 7.99. The Morgan fingerprint density at radius 3 is 2.89 bits per heavy atom. The van der Waals surface area contributed by atoms with E-state index in [2.05, 4.69) is 17.2 Å². The monoisotopic (exact) mass is 266 g/mol. The van der Waals surface area contributed by atoms with Crippen LogP contribution in [0.1, 0.15) is 12.5 Å². The number of nitrogens with zero attached hydrogens (tertiary/aromatic N) is 1. The van der Waals surface area contributed by atoms with Crippen molar-refractivity contribution in [3.05, 3.63) is 35.9 Å². The van der Waals surface area contributed by atoms with Crippen LogP contribution in [0.4, 0.5) is 0 Å². The summed E-state index contributed by atoms with van der Waals surface area (Å²) in [5.74, 6) is 1.85. The summed E-state index contributed by atoms with van der Waals surface area (Å²) in [5.41, 5.74) is 1.14. The molecule has 4 heteroatoms. The summed E-state index contributed by atoms with van der Waals surface area (Å²) >= 11 is 1.77. The third kappa shape index (κ3) is 7.48. The zero-order valence-electron chi connectivity index (χ0n) is 10.9. The van der Waals surface area contributed by atoms with Crippen molar-refractivity contribution < 1.29 is 5.11 Å². The zero-order chi connectivity index (χ0) is 13.1. The largest absolute Gasteiger partial charge is 0.396 e. The van der Waals surface area contributed by atoms with Crippen LogP contribution in [0.25, 0.3) is 0 Å². The first kappa shape index (κ1) is 15.2. The van der Waals surface area contributed by atoms with Crippen molar-refractivity contribution >= 4 is 18.0 Å². The second-order valence-electron chi connectivity index (χ2n) is 4.10. The van der Waals surface area contributed by atoms with Crippen molar-refractivity contribution in [2.24, 2.45) is 4.99 Å². The lowest BCUT2D eigenvalue weighted by Crippen LogP contribution is -2.30. The topological polar surface area (TPSA) is 44.6 Å². The van der Waals surface area contributed by atoms with E-state index in [0.29, 0.717) is 6.04 Å². The van der Waals surface area contributed by atoms with Crippen LogP contribution in [-0.2, 0) is 0 Å². The van der Waals surface area contributed by atoms with Gasteiger partial charge in [-0.15, -0.1) is 0 Å². The van der Waals surface area contributed by atoms with Gasteiger partial charge in [0, 0.05) is 30.3 Å². The molecule has 3 nitrogen and oxygen atoms in total. The molecule has 0 aliphatic carbocycles. The summed E-state index contributed by atoms with van der Waals surface area (Å²) in [6.45, 7) is 4.11. The van der Waals surface area contributed by atoms with Gasteiger partial charge in [-0.3, -0.25) is 4.99 Å². The normalized spacial score (nSPS) is 13.0. The molecule has 1 unspecified atom stereocenters. The van der Waals surface area contributed by atoms with E-state index in [4.69, 9.17) is 5.11 Å². The maximum absolute atomic E-state index is 8.67. The lowest BCUT2D eigenvalue weighted by Gasteiger charge is -2.11. The first-order valence-electron chi connectivity index (χ1n) is 6.30. The number of nitrogens with one attached hydrogen (secondary N) is 1. The number of hydrogen-bond acceptors (Lipinski definition) is 4. The molecule has 0 aliphatic heterocycles. The van der Waals surface area contributed by atoms with Gasteiger partial charge in [-0.05, 0) is 12.5 Å². The third-order valence-corrected chi connectivity index (χ3v) is 3.58. The summed E-state index contributed by atoms with van der Waals surface area (Å²) in [7, 11) is 0. The van der Waals surface area contributed by atoms with Crippen molar-refractivity contribution in [2.45, 2.75) is 13.0 Å². The number of aliphatic imine (C=N–C) groups is 1. The molecule has 0 radical (unpaired) electrons. The van der Waals surface area contributed by atoms with Crippen LogP contribution in [0.3, 0.4) is 0 Å². The first-order valence-corrected chi connectivity index (χ1v) is 7.45. The Hall–Kier alpha value is -0.840. The molecule has 1 atom stereocenters. The number of rotatable bonds is 9. The fourth-order valence-electron chi connectivity index (χ4n) is 1.47. The number of aliphatic hydroxyl groups excluding tert-OH is 1. The summed E-state index contributed by atoms with van der Waals surface area (Å²) in [6.07, 6.45) is 1.91. The summed E-state index contributed by atoms with van der Waals surface area (Å²) in [6, 6.07) is 10.6. The van der Waals surface area contributed by atoms with E-state index >= 15 is 0 Å². The minimum absolute atomic E-state index is 0.263. The fraction of sp³-hybridized carbons (Fsp3) is 0.500. The molecule has 18 heavy (non-hydrogen) atoms. The molecule has 1 rings (SSSR count). The smallest absolute Gasteiger partial charge is 0.0521 e. The molecule has 0 aliphatic rings. The molecule has 0 fully saturated rings. The van der Waals surface area contributed by atoms with Crippen molar-refractivity contribution in [1.82, 2.24) is 5.32 Å². The van der Waals surface area contributed by atoms with Crippen LogP contribution < -0.4 is 5.32 Å². The number of hydrogen-bond donors (Lipinski definition) is 2. The Kier molecular flexibility index (Phi) is 8.55. The van der Waals surface area contributed by atoms with Gasteiger partial charge in [0.15, 0.2) is 0 Å². The van der Waals surface area contributed by atoms with Crippen molar-refractivity contribution in [3.63, 3.8) is 0 Å². The molecule has 100 valence electrons. The average Bonchev–Trinajstić information content (AvgIpc) is 2.40. The van der Waals surface area contributed by atoms with Crippen LogP contribution >= 0.6 is 11.8 Å². The second-order valence-corrected chi connectivity index (χ2v) is 5.25. The van der Waals surface area contributed by atoms with Crippen molar-refractivity contribution in [3.8, 4) is 0 Å². The Bertz CT molecular complexity index is 330. The predicted octanol–water partition coefficient (Wildman–Crippen LogP) is 1.81. The highest BCUT2D eigenvalue weighted by Gasteiger charge is 1.99. The number of benzene rings is 1. The Balaban J connectivity index is 2.06. The highest BCUT2D eigenvalue weighted by atomic mass is 32.2. The molecule has 0 spiro atoms. The minimum atomic E-state index is 0.263. The van der Waals surface area contributed by atoms with Crippen LogP contribution in [-0.4, -0.2) is 48.6 Å². The molecule has 0 amide bonds. The maximum atomic E-state index is 8.67. The van der Waals surface area contributed by atoms with Crippen LogP contribution in [0.5, 0.6) is 0 Å². The fourth-order valence-corrected chi connectivity index (χ4v) is 2.24. The Morgan fingerprint density at radius 2 is 2.17 bits per heavy atom. The van der Waals surface area contributed by atoms with E-state index in [1.165, 1.54) is 0 Å². The molecule has 0 bridgehead atoms. The van der Waals surface area contributed by atoms with Gasteiger partial charge in [-0.2, -0.15) is 11.8 Å². The Morgan fingerprint density at radius 1 is 1.39 bits per heavy atom. The minimum Gasteiger partial charge on any atom is -0.396 e. The van der Waals surface area contributed by atoms with Gasteiger partial charge in [0.1, 0.15) is 0 Å². The molecule has 0 saturated heterocycles. The van der Waals surface area contributed by atoms with E-state index in [9.17, 15) is 0 Å². The van der Waals surface area contributed by atoms with E-state index < -0.39 is 0 Å². The Labute approximate surface area is 114 Å². The molecule has 2 N–H and O–H groups in total. The average molecular weight is 266 g/mol. The summed E-state index contributed by atoms with van der Waals surface area (Å²) in [4.78, 5) is 4.38. The lowest BCUT2D eigenvalue weighted by molar-refractivity contribution is 0.322. The lowest BCUT2D eigenvalue weighted by atomic mass is 10.2. The van der Waals surface area contributed by atoms with Gasteiger partial charge in [0.2, 0.25) is 0 Å². The number of thioether (sulfide) groups is 1. The van der Waals surface area contributed by atoms with Gasteiger partial charge in [0.05, 0.1) is 13.2 Å². The quantitative estimate of drug-likeness (QED) is 0.529. The van der Waals surface area contributed by atoms with Crippen LogP contribution in [0.15, 0.2) is 35.3 Å². The highest BCUT2D eigenvalue weighted by Crippen LogP contribution is 2.01. The molecular formula is C14H22N2OS. The van der Waals surface area contributed by atoms with Gasteiger partial charge in [-0.25, -0.2) is 0 Å². The predicted molar refractivity (Wildman–Crippen MR) is 80.8 cm³/mol. The number of aliphatic hydroxyl groups is 1. The van der Waals surface area contributed by atoms with Gasteiger partial charge in [-0.1, -0.05) is 30.3 Å². The molecular weight excluding hydrogens is 244 g/mol. The molecule has 0 heterocycles. The van der Waals surface area contributed by atoms with E-state index in [1.807, 2.05) is 36.5 Å². The van der Waals surface area contributed by atoms with Crippen molar-refractivity contribution in [1.29, 1.82) is 0 Å². The van der Waals surface area contributed by atoms with Crippen molar-refractivity contribution in [2.75, 3.05) is 31.2 Å². The zero-order valence-corrected chi connectivity index (χ0v) is 11.7. The molecule has 0 aromatic heterocycles. The van der Waals surface area contributed by atoms with Crippen LogP contribution in [0, 0.1) is 0 Å². The first-order chi connectivity index (χ1) is 8.83.